The lowest BCUT2D eigenvalue weighted by molar-refractivity contribution is 0.0256. The largest absolute Gasteiger partial charge is 0.496 e. The van der Waals surface area contributed by atoms with Crippen LogP contribution in [-0.2, 0) is 4.74 Å². The lowest BCUT2D eigenvalue weighted by atomic mass is 10.0. The summed E-state index contributed by atoms with van der Waals surface area (Å²) in [7, 11) is 1.29. The van der Waals surface area contributed by atoms with Gasteiger partial charge in [-0.2, -0.15) is 0 Å². The molecule has 1 unspecified atom stereocenters. The fourth-order valence-corrected chi connectivity index (χ4v) is 2.04. The Morgan fingerprint density at radius 1 is 1.44 bits per heavy atom. The number of halogens is 3. The minimum absolute atomic E-state index is 0.0000926. The van der Waals surface area contributed by atoms with Gasteiger partial charge in [-0.15, -0.1) is 0 Å². The van der Waals surface area contributed by atoms with Crippen molar-refractivity contribution in [3.63, 3.8) is 0 Å². The van der Waals surface area contributed by atoms with Crippen molar-refractivity contribution in [2.75, 3.05) is 26.8 Å². The highest BCUT2D eigenvalue weighted by molar-refractivity contribution is 5.44. The Bertz CT molecular complexity index is 420. The Balaban J connectivity index is 2.43. The quantitative estimate of drug-likeness (QED) is 0.906. The molecule has 1 saturated heterocycles. The summed E-state index contributed by atoms with van der Waals surface area (Å²) in [4.78, 5) is 0. The van der Waals surface area contributed by atoms with Gasteiger partial charge in [-0.05, 0) is 12.1 Å². The van der Waals surface area contributed by atoms with Crippen LogP contribution in [0.5, 0.6) is 5.75 Å². The molecule has 1 aromatic rings. The van der Waals surface area contributed by atoms with Crippen LogP contribution in [0.25, 0.3) is 0 Å². The molecule has 1 aliphatic rings. The molecule has 6 heteroatoms. The van der Waals surface area contributed by atoms with Gasteiger partial charge < -0.3 is 14.8 Å². The topological polar surface area (TPSA) is 30.5 Å². The summed E-state index contributed by atoms with van der Waals surface area (Å²) in [6.45, 7) is 1.59. The number of alkyl halides is 2. The van der Waals surface area contributed by atoms with Gasteiger partial charge in [-0.3, -0.25) is 0 Å². The van der Waals surface area contributed by atoms with E-state index in [-0.39, 0.29) is 5.75 Å². The molecule has 0 aliphatic carbocycles. The predicted molar refractivity (Wildman–Crippen MR) is 59.5 cm³/mol. The van der Waals surface area contributed by atoms with Crippen LogP contribution in [0, 0.1) is 5.82 Å². The molecule has 1 atom stereocenters. The van der Waals surface area contributed by atoms with Crippen LogP contribution in [0.1, 0.15) is 23.7 Å². The third-order valence-electron chi connectivity index (χ3n) is 2.82. The van der Waals surface area contributed by atoms with Gasteiger partial charge in [-0.1, -0.05) is 0 Å². The first-order valence-electron chi connectivity index (χ1n) is 5.61. The van der Waals surface area contributed by atoms with Crippen LogP contribution in [-0.4, -0.2) is 26.8 Å². The Kier molecular flexibility index (Phi) is 4.08. The summed E-state index contributed by atoms with van der Waals surface area (Å²) in [6.07, 6.45) is -3.26. The summed E-state index contributed by atoms with van der Waals surface area (Å²) in [5, 5.41) is 3.06. The molecule has 0 radical (unpaired) electrons. The van der Waals surface area contributed by atoms with Crippen molar-refractivity contribution in [1.82, 2.24) is 5.32 Å². The van der Waals surface area contributed by atoms with Crippen molar-refractivity contribution in [1.29, 1.82) is 0 Å². The monoisotopic (exact) mass is 261 g/mol. The van der Waals surface area contributed by atoms with Gasteiger partial charge >= 0.3 is 0 Å². The smallest absolute Gasteiger partial charge is 0.267 e. The van der Waals surface area contributed by atoms with Crippen molar-refractivity contribution in [3.8, 4) is 5.75 Å². The molecule has 18 heavy (non-hydrogen) atoms. The molecule has 1 fully saturated rings. The highest BCUT2D eigenvalue weighted by atomic mass is 19.3. The zero-order valence-corrected chi connectivity index (χ0v) is 9.88. The van der Waals surface area contributed by atoms with E-state index in [1.807, 2.05) is 0 Å². The summed E-state index contributed by atoms with van der Waals surface area (Å²) in [5.74, 6) is -0.713. The van der Waals surface area contributed by atoms with E-state index in [2.05, 4.69) is 5.32 Å². The van der Waals surface area contributed by atoms with Crippen molar-refractivity contribution in [2.24, 2.45) is 0 Å². The second kappa shape index (κ2) is 5.58. The molecule has 1 heterocycles. The first-order chi connectivity index (χ1) is 8.63. The van der Waals surface area contributed by atoms with E-state index in [0.717, 1.165) is 6.07 Å². The molecule has 0 saturated carbocycles. The van der Waals surface area contributed by atoms with Gasteiger partial charge in [0.15, 0.2) is 0 Å². The number of nitrogens with one attached hydrogen (secondary N) is 1. The van der Waals surface area contributed by atoms with Gasteiger partial charge in [-0.25, -0.2) is 13.2 Å². The average Bonchev–Trinajstić information content (AvgIpc) is 2.38. The number of hydrogen-bond donors (Lipinski definition) is 1. The van der Waals surface area contributed by atoms with Crippen molar-refractivity contribution < 1.29 is 22.6 Å². The van der Waals surface area contributed by atoms with E-state index >= 15 is 0 Å². The minimum Gasteiger partial charge on any atom is -0.496 e. The van der Waals surface area contributed by atoms with Gasteiger partial charge in [0, 0.05) is 18.7 Å². The normalized spacial score (nSPS) is 20.2. The number of ether oxygens (including phenoxy) is 2. The van der Waals surface area contributed by atoms with E-state index in [1.165, 1.54) is 13.2 Å². The Morgan fingerprint density at radius 3 is 2.78 bits per heavy atom. The first kappa shape index (κ1) is 13.2. The Hall–Kier alpha value is -1.27. The number of benzene rings is 1. The van der Waals surface area contributed by atoms with Crippen molar-refractivity contribution in [3.05, 3.63) is 29.1 Å². The number of morpholine rings is 1. The molecule has 0 bridgehead atoms. The highest BCUT2D eigenvalue weighted by Crippen LogP contribution is 2.37. The SMILES string of the molecule is COc1c(C(F)F)cc(F)cc1C1CNCCO1. The molecule has 3 nitrogen and oxygen atoms in total. The summed E-state index contributed by atoms with van der Waals surface area (Å²) in [6, 6.07) is 1.98. The molecule has 0 amide bonds. The van der Waals surface area contributed by atoms with Crippen molar-refractivity contribution >= 4 is 0 Å². The summed E-state index contributed by atoms with van der Waals surface area (Å²) >= 11 is 0. The number of methoxy groups -OCH3 is 1. The van der Waals surface area contributed by atoms with Gasteiger partial charge in [0.05, 0.1) is 25.4 Å². The molecule has 1 aliphatic heterocycles. The zero-order valence-electron chi connectivity index (χ0n) is 9.88. The van der Waals surface area contributed by atoms with E-state index in [4.69, 9.17) is 9.47 Å². The van der Waals surface area contributed by atoms with Crippen LogP contribution in [0.2, 0.25) is 0 Å². The first-order valence-corrected chi connectivity index (χ1v) is 5.61. The fraction of sp³-hybridized carbons (Fsp3) is 0.500. The standard InChI is InChI=1S/C12H14F3NO2/c1-17-11-8(10-6-16-2-3-18-10)4-7(13)5-9(11)12(14)15/h4-5,10,12,16H,2-3,6H2,1H3. The third kappa shape index (κ3) is 2.59. The van der Waals surface area contributed by atoms with E-state index in [1.54, 1.807) is 0 Å². The van der Waals surface area contributed by atoms with E-state index < -0.39 is 23.9 Å². The fourth-order valence-electron chi connectivity index (χ4n) is 2.04. The molecule has 0 aromatic heterocycles. The maximum Gasteiger partial charge on any atom is 0.267 e. The molecule has 1 N–H and O–H groups in total. The van der Waals surface area contributed by atoms with Crippen LogP contribution in [0.15, 0.2) is 12.1 Å². The van der Waals surface area contributed by atoms with Crippen LogP contribution >= 0.6 is 0 Å². The van der Waals surface area contributed by atoms with Crippen LogP contribution < -0.4 is 10.1 Å². The second-order valence-corrected chi connectivity index (χ2v) is 3.98. The average molecular weight is 261 g/mol. The van der Waals surface area contributed by atoms with Gasteiger partial charge in [0.2, 0.25) is 0 Å². The van der Waals surface area contributed by atoms with E-state index in [9.17, 15) is 13.2 Å². The third-order valence-corrected chi connectivity index (χ3v) is 2.82. The van der Waals surface area contributed by atoms with Crippen molar-refractivity contribution in [2.45, 2.75) is 12.5 Å². The van der Waals surface area contributed by atoms with Crippen LogP contribution in [0.3, 0.4) is 0 Å². The molecule has 2 rings (SSSR count). The lowest BCUT2D eigenvalue weighted by Gasteiger charge is -2.26. The number of hydrogen-bond acceptors (Lipinski definition) is 3. The Morgan fingerprint density at radius 2 is 2.22 bits per heavy atom. The highest BCUT2D eigenvalue weighted by Gasteiger charge is 2.25. The lowest BCUT2D eigenvalue weighted by Crippen LogP contribution is -2.33. The Labute approximate surface area is 103 Å². The van der Waals surface area contributed by atoms with Gasteiger partial charge in [0.1, 0.15) is 11.6 Å². The second-order valence-electron chi connectivity index (χ2n) is 3.98. The summed E-state index contributed by atoms with van der Waals surface area (Å²) < 4.78 is 49.5. The maximum absolute atomic E-state index is 13.4. The molecular weight excluding hydrogens is 247 g/mol. The zero-order chi connectivity index (χ0) is 13.1. The van der Waals surface area contributed by atoms with E-state index in [0.29, 0.717) is 25.3 Å². The maximum atomic E-state index is 13.4. The molecular formula is C12H14F3NO2. The molecule has 0 spiro atoms. The number of rotatable bonds is 3. The molecule has 100 valence electrons. The summed E-state index contributed by atoms with van der Waals surface area (Å²) in [5.41, 5.74) is -0.123. The van der Waals surface area contributed by atoms with Gasteiger partial charge in [0.25, 0.3) is 6.43 Å². The minimum atomic E-state index is -2.79. The predicted octanol–water partition coefficient (Wildman–Crippen LogP) is 2.43. The molecule has 1 aromatic carbocycles. The van der Waals surface area contributed by atoms with Crippen LogP contribution in [0.4, 0.5) is 13.2 Å².